The molecule has 1 atom stereocenters. The number of anilines is 2. The first-order chi connectivity index (χ1) is 13.0. The number of methoxy groups -OCH3 is 1. The van der Waals surface area contributed by atoms with Gasteiger partial charge >= 0.3 is 0 Å². The summed E-state index contributed by atoms with van der Waals surface area (Å²) in [5.41, 5.74) is 1.92. The second-order valence-corrected chi connectivity index (χ2v) is 6.94. The first kappa shape index (κ1) is 19.2. The van der Waals surface area contributed by atoms with E-state index in [2.05, 4.69) is 20.3 Å². The minimum Gasteiger partial charge on any atom is -0.384 e. The monoisotopic (exact) mass is 369 g/mol. The zero-order valence-corrected chi connectivity index (χ0v) is 16.2. The van der Waals surface area contributed by atoms with E-state index >= 15 is 0 Å². The molecule has 1 N–H and O–H groups in total. The molecule has 0 aliphatic carbocycles. The van der Waals surface area contributed by atoms with E-state index in [1.807, 2.05) is 43.0 Å². The second kappa shape index (κ2) is 8.90. The third-order valence-electron chi connectivity index (χ3n) is 4.71. The van der Waals surface area contributed by atoms with E-state index < -0.39 is 0 Å². The Morgan fingerprint density at radius 2 is 2.11 bits per heavy atom. The smallest absolute Gasteiger partial charge is 0.224 e. The summed E-state index contributed by atoms with van der Waals surface area (Å²) in [5, 5.41) is 3.27. The summed E-state index contributed by atoms with van der Waals surface area (Å²) >= 11 is 0. The van der Waals surface area contributed by atoms with Gasteiger partial charge < -0.3 is 15.0 Å². The van der Waals surface area contributed by atoms with Crippen LogP contribution in [-0.2, 0) is 9.53 Å². The number of ether oxygens (including phenoxy) is 1. The van der Waals surface area contributed by atoms with Gasteiger partial charge in [0.05, 0.1) is 18.7 Å². The van der Waals surface area contributed by atoms with Gasteiger partial charge in [0.15, 0.2) is 0 Å². The molecular formula is C20H27N5O2. The number of carbonyl (C=O) groups is 1. The van der Waals surface area contributed by atoms with E-state index in [0.717, 1.165) is 42.4 Å². The predicted molar refractivity (Wildman–Crippen MR) is 104 cm³/mol. The number of aromatic nitrogens is 3. The van der Waals surface area contributed by atoms with Crippen molar-refractivity contribution in [3.8, 4) is 0 Å². The third kappa shape index (κ3) is 5.23. The summed E-state index contributed by atoms with van der Waals surface area (Å²) < 4.78 is 5.03. The number of amides is 1. The van der Waals surface area contributed by atoms with Gasteiger partial charge in [-0.05, 0) is 38.8 Å². The summed E-state index contributed by atoms with van der Waals surface area (Å²) in [6.07, 6.45) is 2.43. The number of piperidine rings is 1. The van der Waals surface area contributed by atoms with Crippen LogP contribution in [0.3, 0.4) is 0 Å². The number of hydrogen-bond acceptors (Lipinski definition) is 6. The van der Waals surface area contributed by atoms with Gasteiger partial charge in [0, 0.05) is 37.9 Å². The zero-order valence-electron chi connectivity index (χ0n) is 16.2. The van der Waals surface area contributed by atoms with Crippen molar-refractivity contribution in [3.05, 3.63) is 41.5 Å². The van der Waals surface area contributed by atoms with Gasteiger partial charge in [0.25, 0.3) is 0 Å². The molecule has 1 saturated heterocycles. The van der Waals surface area contributed by atoms with E-state index in [1.165, 1.54) is 0 Å². The largest absolute Gasteiger partial charge is 0.384 e. The van der Waals surface area contributed by atoms with Crippen molar-refractivity contribution in [2.75, 3.05) is 32.1 Å². The number of rotatable bonds is 6. The molecule has 0 saturated carbocycles. The standard InChI is InChI=1S/C20H27N5O2/c1-14-6-4-8-18(21-14)24-19-12-17(22-15(2)23-19)16-7-5-10-25(13-16)20(26)9-11-27-3/h4,6,8,12,16H,5,7,9-11,13H2,1-3H3,(H,21,22,23,24)/t16-/m1/s1. The first-order valence-corrected chi connectivity index (χ1v) is 9.38. The van der Waals surface area contributed by atoms with Gasteiger partial charge in [-0.3, -0.25) is 4.79 Å². The number of nitrogens with one attached hydrogen (secondary N) is 1. The van der Waals surface area contributed by atoms with E-state index in [4.69, 9.17) is 4.74 Å². The van der Waals surface area contributed by atoms with Gasteiger partial charge in [0.2, 0.25) is 5.91 Å². The minimum absolute atomic E-state index is 0.148. The Morgan fingerprint density at radius 1 is 1.26 bits per heavy atom. The Hall–Kier alpha value is -2.54. The molecule has 0 aromatic carbocycles. The molecule has 1 fully saturated rings. The maximum Gasteiger partial charge on any atom is 0.224 e. The summed E-state index contributed by atoms with van der Waals surface area (Å²) in [6, 6.07) is 7.81. The summed E-state index contributed by atoms with van der Waals surface area (Å²) in [7, 11) is 1.62. The number of carbonyl (C=O) groups excluding carboxylic acids is 1. The van der Waals surface area contributed by atoms with Crippen molar-refractivity contribution in [1.29, 1.82) is 0 Å². The Labute approximate surface area is 160 Å². The first-order valence-electron chi connectivity index (χ1n) is 9.38. The lowest BCUT2D eigenvalue weighted by Crippen LogP contribution is -2.39. The molecule has 0 unspecified atom stereocenters. The van der Waals surface area contributed by atoms with Gasteiger partial charge in [-0.25, -0.2) is 15.0 Å². The molecule has 2 aromatic heterocycles. The second-order valence-electron chi connectivity index (χ2n) is 6.94. The molecule has 7 nitrogen and oxygen atoms in total. The maximum absolute atomic E-state index is 12.3. The molecule has 3 heterocycles. The van der Waals surface area contributed by atoms with E-state index in [0.29, 0.717) is 25.4 Å². The van der Waals surface area contributed by atoms with E-state index in [9.17, 15) is 4.79 Å². The molecule has 2 aromatic rings. The summed E-state index contributed by atoms with van der Waals surface area (Å²) in [5.74, 6) is 2.58. The van der Waals surface area contributed by atoms with Crippen LogP contribution in [0, 0.1) is 13.8 Å². The minimum atomic E-state index is 0.148. The topological polar surface area (TPSA) is 80.2 Å². The molecule has 3 rings (SSSR count). The molecule has 1 amide bonds. The molecule has 1 aliphatic rings. The molecular weight excluding hydrogens is 342 g/mol. The van der Waals surface area contributed by atoms with Gasteiger partial charge in [-0.2, -0.15) is 0 Å². The average Bonchev–Trinajstić information content (AvgIpc) is 2.66. The van der Waals surface area contributed by atoms with Gasteiger partial charge in [-0.15, -0.1) is 0 Å². The fourth-order valence-corrected chi connectivity index (χ4v) is 3.40. The van der Waals surface area contributed by atoms with Crippen molar-refractivity contribution < 1.29 is 9.53 Å². The van der Waals surface area contributed by atoms with Crippen LogP contribution >= 0.6 is 0 Å². The molecule has 27 heavy (non-hydrogen) atoms. The third-order valence-corrected chi connectivity index (χ3v) is 4.71. The molecule has 0 radical (unpaired) electrons. The Kier molecular flexibility index (Phi) is 6.34. The zero-order chi connectivity index (χ0) is 19.2. The molecule has 144 valence electrons. The van der Waals surface area contributed by atoms with E-state index in [1.54, 1.807) is 7.11 Å². The molecule has 1 aliphatic heterocycles. The fourth-order valence-electron chi connectivity index (χ4n) is 3.40. The number of hydrogen-bond donors (Lipinski definition) is 1. The van der Waals surface area contributed by atoms with Crippen LogP contribution in [0.25, 0.3) is 0 Å². The maximum atomic E-state index is 12.3. The summed E-state index contributed by atoms with van der Waals surface area (Å²) in [4.78, 5) is 27.9. The van der Waals surface area contributed by atoms with Crippen LogP contribution in [0.2, 0.25) is 0 Å². The van der Waals surface area contributed by atoms with Crippen LogP contribution in [-0.4, -0.2) is 52.6 Å². The Morgan fingerprint density at radius 3 is 2.89 bits per heavy atom. The van der Waals surface area contributed by atoms with Gasteiger partial charge in [0.1, 0.15) is 17.5 Å². The molecule has 0 spiro atoms. The quantitative estimate of drug-likeness (QED) is 0.843. The number of nitrogens with zero attached hydrogens (tertiary/aromatic N) is 4. The van der Waals surface area contributed by atoms with Crippen LogP contribution in [0.5, 0.6) is 0 Å². The normalized spacial score (nSPS) is 17.0. The van der Waals surface area contributed by atoms with Crippen molar-refractivity contribution in [2.24, 2.45) is 0 Å². The number of aryl methyl sites for hydroxylation is 2. The highest BCUT2D eigenvalue weighted by Crippen LogP contribution is 2.28. The Balaban J connectivity index is 1.74. The summed E-state index contributed by atoms with van der Waals surface area (Å²) in [6.45, 7) is 5.81. The lowest BCUT2D eigenvalue weighted by molar-refractivity contribution is -0.133. The number of pyridine rings is 1. The van der Waals surface area contributed by atoms with Crippen molar-refractivity contribution in [3.63, 3.8) is 0 Å². The SMILES string of the molecule is COCCC(=O)N1CCC[C@@H](c2cc(Nc3cccc(C)n3)nc(C)n2)C1. The van der Waals surface area contributed by atoms with Crippen LogP contribution in [0.15, 0.2) is 24.3 Å². The average molecular weight is 369 g/mol. The predicted octanol–water partition coefficient (Wildman–Crippen LogP) is 2.97. The molecule has 7 heteroatoms. The van der Waals surface area contributed by atoms with Crippen LogP contribution in [0.1, 0.15) is 42.4 Å². The van der Waals surface area contributed by atoms with Crippen LogP contribution in [0.4, 0.5) is 11.6 Å². The lowest BCUT2D eigenvalue weighted by Gasteiger charge is -2.32. The molecule has 0 bridgehead atoms. The lowest BCUT2D eigenvalue weighted by atomic mass is 9.94. The highest BCUT2D eigenvalue weighted by atomic mass is 16.5. The highest BCUT2D eigenvalue weighted by molar-refractivity contribution is 5.76. The fraction of sp³-hybridized carbons (Fsp3) is 0.500. The van der Waals surface area contributed by atoms with Crippen molar-refractivity contribution >= 4 is 17.5 Å². The van der Waals surface area contributed by atoms with Crippen molar-refractivity contribution in [2.45, 2.75) is 39.0 Å². The van der Waals surface area contributed by atoms with Crippen LogP contribution < -0.4 is 5.32 Å². The number of likely N-dealkylation sites (tertiary alicyclic amines) is 1. The van der Waals surface area contributed by atoms with E-state index in [-0.39, 0.29) is 11.8 Å². The van der Waals surface area contributed by atoms with Gasteiger partial charge in [-0.1, -0.05) is 6.07 Å². The highest BCUT2D eigenvalue weighted by Gasteiger charge is 2.26. The van der Waals surface area contributed by atoms with Crippen molar-refractivity contribution in [1.82, 2.24) is 19.9 Å². The Bertz CT molecular complexity index is 796.